The van der Waals surface area contributed by atoms with Gasteiger partial charge in [-0.3, -0.25) is 9.20 Å². The monoisotopic (exact) mass is 610 g/mol. The summed E-state index contributed by atoms with van der Waals surface area (Å²) < 4.78 is 71.5. The van der Waals surface area contributed by atoms with Gasteiger partial charge in [-0.25, -0.2) is 18.7 Å². The molecule has 0 saturated carbocycles. The number of imidazole rings is 1. The lowest BCUT2D eigenvalue weighted by molar-refractivity contribution is -0.274. The molecule has 1 fully saturated rings. The van der Waals surface area contributed by atoms with Gasteiger partial charge in [-0.2, -0.15) is 0 Å². The number of aromatic nitrogens is 3. The Balaban J connectivity index is 0.00000405. The maximum atomic E-state index is 15.2. The van der Waals surface area contributed by atoms with Crippen molar-refractivity contribution in [2.45, 2.75) is 39.2 Å². The lowest BCUT2D eigenvalue weighted by atomic mass is 10.1. The van der Waals surface area contributed by atoms with Crippen molar-refractivity contribution < 1.29 is 31.5 Å². The quantitative estimate of drug-likeness (QED) is 0.277. The molecule has 4 aromatic rings. The molecule has 1 aliphatic heterocycles. The number of ether oxygens (including phenoxy) is 1. The summed E-state index contributed by atoms with van der Waals surface area (Å²) in [5.74, 6) is -1.19. The van der Waals surface area contributed by atoms with Gasteiger partial charge in [0, 0.05) is 44.5 Å². The zero-order valence-electron chi connectivity index (χ0n) is 22.7. The van der Waals surface area contributed by atoms with Crippen molar-refractivity contribution in [3.63, 3.8) is 0 Å². The van der Waals surface area contributed by atoms with E-state index in [4.69, 9.17) is 0 Å². The number of carbonyl (C=O) groups excluding carboxylic acids is 1. The minimum Gasteiger partial charge on any atom is -0.404 e. The number of nitrogens with one attached hydrogen (secondary N) is 1. The normalized spacial score (nSPS) is 15.5. The zero-order valence-corrected chi connectivity index (χ0v) is 23.5. The topological polar surface area (TPSA) is 75.0 Å². The molecule has 1 aromatic carbocycles. The molecule has 42 heavy (non-hydrogen) atoms. The van der Waals surface area contributed by atoms with Gasteiger partial charge in [0.15, 0.2) is 0 Å². The van der Waals surface area contributed by atoms with Gasteiger partial charge in [0.2, 0.25) is 0 Å². The Morgan fingerprint density at radius 1 is 1.12 bits per heavy atom. The standard InChI is InChI=1S/C28H27F5N6O2.ClH/c1-3-22-26(39-9-8-19(29)13-25(39)36-22)27(40)35-14-18-4-6-23(21(30)12-18)37-10-11-38(17(2)16-37)24-7-5-20(15-34-24)41-28(31,32)33;/h4-9,12-13,15,17H,3,10-11,14,16H2,1-2H3,(H,35,40);1H/t17-;/m0./s1. The lowest BCUT2D eigenvalue weighted by Crippen LogP contribution is -2.52. The second-order valence-electron chi connectivity index (χ2n) is 9.69. The summed E-state index contributed by atoms with van der Waals surface area (Å²) in [6, 6.07) is 9.85. The van der Waals surface area contributed by atoms with Gasteiger partial charge in [0.1, 0.15) is 34.5 Å². The van der Waals surface area contributed by atoms with Crippen molar-refractivity contribution in [3.05, 3.63) is 83.4 Å². The maximum Gasteiger partial charge on any atom is 0.573 e. The molecule has 1 amide bonds. The van der Waals surface area contributed by atoms with E-state index in [9.17, 15) is 22.4 Å². The highest BCUT2D eigenvalue weighted by Gasteiger charge is 2.32. The number of aryl methyl sites for hydroxylation is 1. The maximum absolute atomic E-state index is 15.2. The average Bonchev–Trinajstić information content (AvgIpc) is 3.29. The van der Waals surface area contributed by atoms with Crippen molar-refractivity contribution in [2.75, 3.05) is 29.4 Å². The van der Waals surface area contributed by atoms with Crippen LogP contribution in [0.5, 0.6) is 5.75 Å². The van der Waals surface area contributed by atoms with Crippen LogP contribution in [0.4, 0.5) is 33.5 Å². The first-order chi connectivity index (χ1) is 19.5. The third-order valence-electron chi connectivity index (χ3n) is 6.89. The predicted octanol–water partition coefficient (Wildman–Crippen LogP) is 5.54. The van der Waals surface area contributed by atoms with Crippen LogP contribution in [0, 0.1) is 11.6 Å². The summed E-state index contributed by atoms with van der Waals surface area (Å²) in [6.07, 6.45) is -1.83. The molecule has 0 radical (unpaired) electrons. The van der Waals surface area contributed by atoms with Crippen molar-refractivity contribution in [1.82, 2.24) is 19.7 Å². The summed E-state index contributed by atoms with van der Waals surface area (Å²) in [4.78, 5) is 25.3. The van der Waals surface area contributed by atoms with Gasteiger partial charge >= 0.3 is 6.36 Å². The van der Waals surface area contributed by atoms with Crippen LogP contribution < -0.4 is 19.9 Å². The molecule has 0 spiro atoms. The Bertz CT molecular complexity index is 1560. The average molecular weight is 611 g/mol. The summed E-state index contributed by atoms with van der Waals surface area (Å²) in [7, 11) is 0. The molecule has 0 bridgehead atoms. The number of rotatable bonds is 7. The van der Waals surface area contributed by atoms with Crippen molar-refractivity contribution >= 4 is 35.5 Å². The van der Waals surface area contributed by atoms with E-state index in [1.54, 1.807) is 12.1 Å². The van der Waals surface area contributed by atoms with E-state index in [0.717, 1.165) is 6.20 Å². The number of fused-ring (bicyclic) bond motifs is 1. The van der Waals surface area contributed by atoms with Gasteiger partial charge in [-0.05, 0) is 49.2 Å². The third-order valence-corrected chi connectivity index (χ3v) is 6.89. The molecule has 0 aliphatic carbocycles. The van der Waals surface area contributed by atoms with E-state index in [1.165, 1.54) is 40.9 Å². The van der Waals surface area contributed by atoms with Gasteiger partial charge < -0.3 is 19.9 Å². The lowest BCUT2D eigenvalue weighted by Gasteiger charge is -2.41. The van der Waals surface area contributed by atoms with Crippen LogP contribution in [0.3, 0.4) is 0 Å². The number of benzene rings is 1. The van der Waals surface area contributed by atoms with E-state index >= 15 is 4.39 Å². The Morgan fingerprint density at radius 3 is 2.55 bits per heavy atom. The van der Waals surface area contributed by atoms with Crippen LogP contribution in [0.25, 0.3) is 5.65 Å². The number of amides is 1. The molecule has 3 aromatic heterocycles. The SMILES string of the molecule is CCc1nc2cc(F)ccn2c1C(=O)NCc1ccc(N2CCN(c3ccc(OC(F)(F)F)cn3)[C@@H](C)C2)c(F)c1.Cl. The fourth-order valence-electron chi connectivity index (χ4n) is 4.99. The molecule has 14 heteroatoms. The van der Waals surface area contributed by atoms with E-state index in [-0.39, 0.29) is 25.0 Å². The van der Waals surface area contributed by atoms with Gasteiger partial charge in [0.05, 0.1) is 17.6 Å². The first-order valence-electron chi connectivity index (χ1n) is 13.0. The van der Waals surface area contributed by atoms with Crippen molar-refractivity contribution in [3.8, 4) is 5.75 Å². The van der Waals surface area contributed by atoms with Crippen LogP contribution in [0.2, 0.25) is 0 Å². The number of halogens is 6. The summed E-state index contributed by atoms with van der Waals surface area (Å²) in [5, 5.41) is 2.80. The summed E-state index contributed by atoms with van der Waals surface area (Å²) >= 11 is 0. The van der Waals surface area contributed by atoms with Gasteiger partial charge in [-0.1, -0.05) is 13.0 Å². The number of hydrogen-bond donors (Lipinski definition) is 1. The summed E-state index contributed by atoms with van der Waals surface area (Å²) in [5.41, 5.74) is 2.15. The predicted molar refractivity (Wildman–Crippen MR) is 149 cm³/mol. The number of anilines is 2. The number of hydrogen-bond acceptors (Lipinski definition) is 6. The van der Waals surface area contributed by atoms with E-state index in [0.29, 0.717) is 60.2 Å². The number of carbonyl (C=O) groups is 1. The van der Waals surface area contributed by atoms with Crippen LogP contribution >= 0.6 is 12.4 Å². The summed E-state index contributed by atoms with van der Waals surface area (Å²) in [6.45, 7) is 5.27. The highest BCUT2D eigenvalue weighted by atomic mass is 35.5. The Labute approximate surface area is 244 Å². The number of piperazine rings is 1. The third kappa shape index (κ3) is 6.67. The number of alkyl halides is 3. The van der Waals surface area contributed by atoms with Crippen molar-refractivity contribution in [2.24, 2.45) is 0 Å². The first-order valence-corrected chi connectivity index (χ1v) is 13.0. The van der Waals surface area contributed by atoms with E-state index in [1.807, 2.05) is 23.6 Å². The molecular weight excluding hydrogens is 583 g/mol. The molecule has 8 nitrogen and oxygen atoms in total. The van der Waals surface area contributed by atoms with Crippen LogP contribution in [0.1, 0.15) is 35.6 Å². The number of nitrogens with zero attached hydrogens (tertiary/aromatic N) is 5. The molecule has 224 valence electrons. The minimum atomic E-state index is -4.79. The zero-order chi connectivity index (χ0) is 29.3. The first kappa shape index (κ1) is 30.8. The fourth-order valence-corrected chi connectivity index (χ4v) is 4.99. The van der Waals surface area contributed by atoms with Gasteiger partial charge in [0.25, 0.3) is 5.91 Å². The van der Waals surface area contributed by atoms with Crippen molar-refractivity contribution in [1.29, 1.82) is 0 Å². The van der Waals surface area contributed by atoms with E-state index in [2.05, 4.69) is 20.0 Å². The molecule has 1 saturated heterocycles. The Kier molecular flexibility index (Phi) is 9.09. The molecule has 0 unspecified atom stereocenters. The van der Waals surface area contributed by atoms with Gasteiger partial charge in [-0.15, -0.1) is 25.6 Å². The smallest absolute Gasteiger partial charge is 0.404 e. The van der Waals surface area contributed by atoms with Crippen LogP contribution in [-0.2, 0) is 13.0 Å². The second-order valence-corrected chi connectivity index (χ2v) is 9.69. The largest absolute Gasteiger partial charge is 0.573 e. The highest BCUT2D eigenvalue weighted by Crippen LogP contribution is 2.28. The molecule has 1 atom stereocenters. The Hall–Kier alpha value is -4.13. The second kappa shape index (κ2) is 12.4. The molecular formula is C28H28ClF5N6O2. The molecule has 4 heterocycles. The molecule has 5 rings (SSSR count). The molecule has 1 N–H and O–H groups in total. The molecule has 1 aliphatic rings. The fraction of sp³-hybridized carbons (Fsp3) is 0.321. The van der Waals surface area contributed by atoms with Crippen LogP contribution in [0.15, 0.2) is 54.9 Å². The Morgan fingerprint density at radius 2 is 1.90 bits per heavy atom. The number of pyridine rings is 2. The van der Waals surface area contributed by atoms with Crippen LogP contribution in [-0.4, -0.2) is 52.3 Å². The highest BCUT2D eigenvalue weighted by molar-refractivity contribution is 5.94. The van der Waals surface area contributed by atoms with E-state index < -0.39 is 29.7 Å². The minimum absolute atomic E-state index is 0.